The van der Waals surface area contributed by atoms with Crippen molar-refractivity contribution in [2.45, 2.75) is 39.3 Å². The van der Waals surface area contributed by atoms with Crippen molar-refractivity contribution in [2.24, 2.45) is 5.92 Å². The van der Waals surface area contributed by atoms with Crippen LogP contribution in [-0.4, -0.2) is 41.8 Å². The van der Waals surface area contributed by atoms with Crippen molar-refractivity contribution in [1.82, 2.24) is 15.5 Å². The van der Waals surface area contributed by atoms with Crippen LogP contribution in [0.25, 0.3) is 0 Å². The maximum Gasteiger partial charge on any atom is 0.254 e. The average molecular weight is 426 g/mol. The summed E-state index contributed by atoms with van der Waals surface area (Å²) in [6.45, 7) is 4.70. The van der Waals surface area contributed by atoms with Gasteiger partial charge in [0.25, 0.3) is 5.91 Å². The molecule has 0 saturated heterocycles. The Morgan fingerprint density at radius 2 is 1.65 bits per heavy atom. The Hall–Kier alpha value is -3.22. The number of benzene rings is 2. The van der Waals surface area contributed by atoms with E-state index in [1.807, 2.05) is 38.1 Å². The van der Waals surface area contributed by atoms with Crippen molar-refractivity contribution < 1.29 is 18.8 Å². The molecule has 0 spiro atoms. The van der Waals surface area contributed by atoms with Gasteiger partial charge in [0, 0.05) is 32.5 Å². The summed E-state index contributed by atoms with van der Waals surface area (Å²) in [5, 5.41) is 5.40. The van der Waals surface area contributed by atoms with Gasteiger partial charge in [-0.25, -0.2) is 4.39 Å². The molecule has 31 heavy (non-hydrogen) atoms. The third-order valence-electron chi connectivity index (χ3n) is 5.28. The minimum atomic E-state index is -0.594. The number of hydrogen-bond donors (Lipinski definition) is 2. The van der Waals surface area contributed by atoms with Crippen molar-refractivity contribution in [3.63, 3.8) is 0 Å². The Bertz CT molecular complexity index is 961. The first kappa shape index (κ1) is 22.5. The lowest BCUT2D eigenvalue weighted by Crippen LogP contribution is -2.53. The number of rotatable bonds is 7. The molecule has 6 nitrogen and oxygen atoms in total. The van der Waals surface area contributed by atoms with Gasteiger partial charge in [-0.3, -0.25) is 14.4 Å². The fourth-order valence-electron chi connectivity index (χ4n) is 3.71. The number of hydrogen-bond acceptors (Lipinski definition) is 3. The van der Waals surface area contributed by atoms with Crippen LogP contribution in [0, 0.1) is 11.7 Å². The molecule has 1 atom stereocenters. The van der Waals surface area contributed by atoms with E-state index in [0.717, 1.165) is 11.1 Å². The molecular weight excluding hydrogens is 397 g/mol. The van der Waals surface area contributed by atoms with E-state index in [4.69, 9.17) is 0 Å². The lowest BCUT2D eigenvalue weighted by atomic mass is 9.92. The van der Waals surface area contributed by atoms with Gasteiger partial charge in [0.2, 0.25) is 11.8 Å². The summed E-state index contributed by atoms with van der Waals surface area (Å²) in [4.78, 5) is 39.4. The molecule has 0 radical (unpaired) electrons. The van der Waals surface area contributed by atoms with Gasteiger partial charge in [0.05, 0.1) is 5.56 Å². The summed E-state index contributed by atoms with van der Waals surface area (Å²) >= 11 is 0. The van der Waals surface area contributed by atoms with Gasteiger partial charge in [-0.2, -0.15) is 0 Å². The Morgan fingerprint density at radius 1 is 1.00 bits per heavy atom. The first-order valence-corrected chi connectivity index (χ1v) is 10.5. The quantitative estimate of drug-likeness (QED) is 0.670. The van der Waals surface area contributed by atoms with Crippen LogP contribution in [0.15, 0.2) is 48.5 Å². The van der Waals surface area contributed by atoms with E-state index in [9.17, 15) is 18.8 Å². The topological polar surface area (TPSA) is 78.5 Å². The maximum absolute atomic E-state index is 13.7. The zero-order valence-electron chi connectivity index (χ0n) is 17.9. The minimum Gasteiger partial charge on any atom is -0.353 e. The number of nitrogens with zero attached hydrogens (tertiary/aromatic N) is 1. The highest BCUT2D eigenvalue weighted by molar-refractivity contribution is 5.94. The molecule has 1 aliphatic rings. The third-order valence-corrected chi connectivity index (χ3v) is 5.28. The first-order valence-electron chi connectivity index (χ1n) is 10.5. The summed E-state index contributed by atoms with van der Waals surface area (Å²) in [7, 11) is 0. The van der Waals surface area contributed by atoms with Crippen LogP contribution >= 0.6 is 0 Å². The molecule has 7 heteroatoms. The number of carbonyl (C=O) groups is 3. The maximum atomic E-state index is 13.7. The summed E-state index contributed by atoms with van der Waals surface area (Å²) < 4.78 is 13.7. The predicted octanol–water partition coefficient (Wildman–Crippen LogP) is 2.67. The molecule has 2 N–H and O–H groups in total. The largest absolute Gasteiger partial charge is 0.353 e. The van der Waals surface area contributed by atoms with Gasteiger partial charge in [-0.15, -0.1) is 0 Å². The Balaban J connectivity index is 1.59. The summed E-state index contributed by atoms with van der Waals surface area (Å²) in [5.74, 6) is -1.23. The van der Waals surface area contributed by atoms with Crippen molar-refractivity contribution in [3.8, 4) is 0 Å². The van der Waals surface area contributed by atoms with Crippen LogP contribution in [0.5, 0.6) is 0 Å². The SMILES string of the molecule is CC(C)CC(=O)N1Cc2ccccc2CC1C(=O)NCCNC(=O)c1ccccc1F. The van der Waals surface area contributed by atoms with E-state index in [1.165, 1.54) is 18.2 Å². The standard InChI is InChI=1S/C24H28FN3O3/c1-16(2)13-22(29)28-15-18-8-4-3-7-17(18)14-21(28)24(31)27-12-11-26-23(30)19-9-5-6-10-20(19)25/h3-10,16,21H,11-15H2,1-2H3,(H,26,30)(H,27,31). The van der Waals surface area contributed by atoms with E-state index < -0.39 is 17.8 Å². The molecule has 0 aliphatic carbocycles. The van der Waals surface area contributed by atoms with E-state index in [1.54, 1.807) is 11.0 Å². The molecule has 164 valence electrons. The molecule has 0 aromatic heterocycles. The normalized spacial score (nSPS) is 15.4. The zero-order chi connectivity index (χ0) is 22.4. The second kappa shape index (κ2) is 10.2. The second-order valence-corrected chi connectivity index (χ2v) is 8.14. The van der Waals surface area contributed by atoms with E-state index >= 15 is 0 Å². The highest BCUT2D eigenvalue weighted by Crippen LogP contribution is 2.25. The molecule has 1 aliphatic heterocycles. The van der Waals surface area contributed by atoms with Gasteiger partial charge in [-0.1, -0.05) is 50.2 Å². The van der Waals surface area contributed by atoms with E-state index in [0.29, 0.717) is 19.4 Å². The summed E-state index contributed by atoms with van der Waals surface area (Å²) in [5.41, 5.74) is 2.08. The van der Waals surface area contributed by atoms with Crippen molar-refractivity contribution in [1.29, 1.82) is 0 Å². The smallest absolute Gasteiger partial charge is 0.254 e. The summed E-state index contributed by atoms with van der Waals surface area (Å²) in [6, 6.07) is 13.0. The third kappa shape index (κ3) is 5.69. The Kier molecular flexibility index (Phi) is 7.39. The number of amides is 3. The number of halogens is 1. The fourth-order valence-corrected chi connectivity index (χ4v) is 3.71. The zero-order valence-corrected chi connectivity index (χ0v) is 17.9. The van der Waals surface area contributed by atoms with Gasteiger partial charge in [0.15, 0.2) is 0 Å². The van der Waals surface area contributed by atoms with Crippen LogP contribution in [0.4, 0.5) is 4.39 Å². The minimum absolute atomic E-state index is 0.0387. The van der Waals surface area contributed by atoms with Crippen LogP contribution in [-0.2, 0) is 22.6 Å². The van der Waals surface area contributed by atoms with Gasteiger partial charge < -0.3 is 15.5 Å². The van der Waals surface area contributed by atoms with E-state index in [2.05, 4.69) is 10.6 Å². The van der Waals surface area contributed by atoms with Crippen LogP contribution in [0.2, 0.25) is 0 Å². The number of carbonyl (C=O) groups excluding carboxylic acids is 3. The van der Waals surface area contributed by atoms with Gasteiger partial charge >= 0.3 is 0 Å². The lowest BCUT2D eigenvalue weighted by Gasteiger charge is -2.36. The second-order valence-electron chi connectivity index (χ2n) is 8.14. The predicted molar refractivity (Wildman–Crippen MR) is 116 cm³/mol. The molecule has 0 saturated carbocycles. The Labute approximate surface area is 181 Å². The molecule has 3 rings (SSSR count). The van der Waals surface area contributed by atoms with Crippen LogP contribution < -0.4 is 10.6 Å². The molecule has 3 amide bonds. The molecule has 1 heterocycles. The Morgan fingerprint density at radius 3 is 2.35 bits per heavy atom. The summed E-state index contributed by atoms with van der Waals surface area (Å²) in [6.07, 6.45) is 0.831. The van der Waals surface area contributed by atoms with E-state index in [-0.39, 0.29) is 36.4 Å². The highest BCUT2D eigenvalue weighted by Gasteiger charge is 2.34. The monoisotopic (exact) mass is 425 g/mol. The molecular formula is C24H28FN3O3. The lowest BCUT2D eigenvalue weighted by molar-refractivity contribution is -0.142. The molecule has 1 unspecified atom stereocenters. The molecule has 0 bridgehead atoms. The average Bonchev–Trinajstić information content (AvgIpc) is 2.75. The van der Waals surface area contributed by atoms with Crippen molar-refractivity contribution in [2.75, 3.05) is 13.1 Å². The van der Waals surface area contributed by atoms with Crippen molar-refractivity contribution in [3.05, 3.63) is 71.0 Å². The van der Waals surface area contributed by atoms with Gasteiger partial charge in [-0.05, 0) is 29.2 Å². The fraction of sp³-hybridized carbons (Fsp3) is 0.375. The first-order chi connectivity index (χ1) is 14.9. The van der Waals surface area contributed by atoms with Gasteiger partial charge in [0.1, 0.15) is 11.9 Å². The highest BCUT2D eigenvalue weighted by atomic mass is 19.1. The van der Waals surface area contributed by atoms with Crippen LogP contribution in [0.3, 0.4) is 0 Å². The number of fused-ring (bicyclic) bond motifs is 1. The molecule has 2 aromatic carbocycles. The van der Waals surface area contributed by atoms with Crippen molar-refractivity contribution >= 4 is 17.7 Å². The number of nitrogens with one attached hydrogen (secondary N) is 2. The van der Waals surface area contributed by atoms with Crippen LogP contribution in [0.1, 0.15) is 41.8 Å². The molecule has 0 fully saturated rings. The molecule has 2 aromatic rings.